The maximum Gasteiger partial charge on any atom is 0.271 e. The summed E-state index contributed by atoms with van der Waals surface area (Å²) >= 11 is 0. The highest BCUT2D eigenvalue weighted by molar-refractivity contribution is 7.89. The highest BCUT2D eigenvalue weighted by Crippen LogP contribution is 2.20. The molecule has 0 aliphatic carbocycles. The predicted octanol–water partition coefficient (Wildman–Crippen LogP) is 1.16. The van der Waals surface area contributed by atoms with Gasteiger partial charge >= 0.3 is 0 Å². The molecule has 0 aliphatic heterocycles. The van der Waals surface area contributed by atoms with Gasteiger partial charge in [0, 0.05) is 23.7 Å². The van der Waals surface area contributed by atoms with Crippen LogP contribution < -0.4 is 10.5 Å². The van der Waals surface area contributed by atoms with Crippen LogP contribution in [-0.4, -0.2) is 25.3 Å². The number of hydrogen-bond acceptors (Lipinski definition) is 5. The van der Waals surface area contributed by atoms with Crippen LogP contribution in [0.3, 0.4) is 0 Å². The fourth-order valence-electron chi connectivity index (χ4n) is 1.75. The third-order valence-corrected chi connectivity index (χ3v) is 3.91. The molecule has 0 aromatic heterocycles. The second-order valence-electron chi connectivity index (χ2n) is 4.50. The van der Waals surface area contributed by atoms with Crippen LogP contribution in [0.15, 0.2) is 23.1 Å². The molecule has 0 atom stereocenters. The second kappa shape index (κ2) is 6.64. The van der Waals surface area contributed by atoms with Crippen molar-refractivity contribution in [3.63, 3.8) is 0 Å². The fourth-order valence-corrected chi connectivity index (χ4v) is 2.32. The summed E-state index contributed by atoms with van der Waals surface area (Å²) in [5.74, 6) is -0.572. The van der Waals surface area contributed by atoms with Crippen molar-refractivity contribution in [3.05, 3.63) is 33.9 Å². The summed E-state index contributed by atoms with van der Waals surface area (Å²) in [6.07, 6.45) is 1.39. The van der Waals surface area contributed by atoms with Gasteiger partial charge in [0.15, 0.2) is 0 Å². The second-order valence-corrected chi connectivity index (χ2v) is 6.07. The molecular weight excluding hydrogens is 298 g/mol. The van der Waals surface area contributed by atoms with Gasteiger partial charge in [0.05, 0.1) is 9.82 Å². The van der Waals surface area contributed by atoms with E-state index in [0.717, 1.165) is 18.2 Å². The van der Waals surface area contributed by atoms with E-state index in [-0.39, 0.29) is 11.6 Å². The quantitative estimate of drug-likeness (QED) is 0.600. The Labute approximate surface area is 122 Å². The first-order valence-electron chi connectivity index (χ1n) is 6.32. The van der Waals surface area contributed by atoms with Gasteiger partial charge in [-0.1, -0.05) is 13.8 Å². The molecule has 0 saturated heterocycles. The molecule has 21 heavy (non-hydrogen) atoms. The predicted molar refractivity (Wildman–Crippen MR) is 76.3 cm³/mol. The standard InChI is InChI=1S/C12H17N3O5S/c1-3-9(4-2)14-12(16)8-5-10(15(17)18)7-11(6-8)21(13,19)20/h5-7,9H,3-4H2,1-2H3,(H,14,16)(H2,13,19,20). The molecule has 1 rings (SSSR count). The van der Waals surface area contributed by atoms with Crippen molar-refractivity contribution >= 4 is 21.6 Å². The molecule has 1 aromatic carbocycles. The van der Waals surface area contributed by atoms with Crippen LogP contribution in [0.1, 0.15) is 37.0 Å². The Kier molecular flexibility index (Phi) is 5.39. The highest BCUT2D eigenvalue weighted by Gasteiger charge is 2.20. The summed E-state index contributed by atoms with van der Waals surface area (Å²) in [5.41, 5.74) is -0.614. The number of rotatable bonds is 6. The minimum atomic E-state index is -4.14. The molecule has 0 aliphatic rings. The lowest BCUT2D eigenvalue weighted by Crippen LogP contribution is -2.34. The van der Waals surface area contributed by atoms with Gasteiger partial charge in [-0.3, -0.25) is 14.9 Å². The van der Waals surface area contributed by atoms with Gasteiger partial charge in [-0.15, -0.1) is 0 Å². The average molecular weight is 315 g/mol. The molecule has 0 spiro atoms. The minimum absolute atomic E-state index is 0.0882. The molecule has 0 radical (unpaired) electrons. The number of nitro groups is 1. The number of amides is 1. The maximum atomic E-state index is 12.1. The first kappa shape index (κ1) is 17.1. The first-order valence-corrected chi connectivity index (χ1v) is 7.86. The van der Waals surface area contributed by atoms with E-state index >= 15 is 0 Å². The number of hydrogen-bond donors (Lipinski definition) is 2. The van der Waals surface area contributed by atoms with Crippen LogP contribution in [0.5, 0.6) is 0 Å². The Balaban J connectivity index is 3.26. The molecular formula is C12H17N3O5S. The molecule has 8 nitrogen and oxygen atoms in total. The van der Waals surface area contributed by atoms with Gasteiger partial charge in [-0.25, -0.2) is 13.6 Å². The Hall–Kier alpha value is -2.00. The Morgan fingerprint density at radius 2 is 1.90 bits per heavy atom. The van der Waals surface area contributed by atoms with Crippen molar-refractivity contribution in [2.45, 2.75) is 37.6 Å². The molecule has 1 aromatic rings. The third-order valence-electron chi connectivity index (χ3n) is 3.01. The molecule has 9 heteroatoms. The van der Waals surface area contributed by atoms with Crippen LogP contribution in [-0.2, 0) is 10.0 Å². The first-order chi connectivity index (χ1) is 9.68. The van der Waals surface area contributed by atoms with E-state index in [2.05, 4.69) is 5.32 Å². The Bertz CT molecular complexity index is 653. The van der Waals surface area contributed by atoms with E-state index in [0.29, 0.717) is 12.8 Å². The lowest BCUT2D eigenvalue weighted by molar-refractivity contribution is -0.385. The van der Waals surface area contributed by atoms with Crippen LogP contribution in [0.2, 0.25) is 0 Å². The zero-order valence-electron chi connectivity index (χ0n) is 11.7. The van der Waals surface area contributed by atoms with Crippen molar-refractivity contribution < 1.29 is 18.1 Å². The van der Waals surface area contributed by atoms with Crippen molar-refractivity contribution in [1.82, 2.24) is 5.32 Å². The monoisotopic (exact) mass is 315 g/mol. The van der Waals surface area contributed by atoms with E-state index in [1.165, 1.54) is 0 Å². The molecule has 0 unspecified atom stereocenters. The Morgan fingerprint density at radius 1 is 1.33 bits per heavy atom. The highest BCUT2D eigenvalue weighted by atomic mass is 32.2. The third kappa shape index (κ3) is 4.50. The van der Waals surface area contributed by atoms with Crippen molar-refractivity contribution in [3.8, 4) is 0 Å². The summed E-state index contributed by atoms with van der Waals surface area (Å²) in [4.78, 5) is 21.6. The van der Waals surface area contributed by atoms with Crippen molar-refractivity contribution in [2.75, 3.05) is 0 Å². The summed E-state index contributed by atoms with van der Waals surface area (Å²) in [6.45, 7) is 3.77. The molecule has 0 bridgehead atoms. The summed E-state index contributed by atoms with van der Waals surface area (Å²) in [5, 5.41) is 18.5. The van der Waals surface area contributed by atoms with Gasteiger partial charge < -0.3 is 5.32 Å². The number of benzene rings is 1. The van der Waals surface area contributed by atoms with E-state index in [1.807, 2.05) is 13.8 Å². The molecule has 0 heterocycles. The summed E-state index contributed by atoms with van der Waals surface area (Å²) < 4.78 is 22.7. The number of non-ortho nitro benzene ring substituents is 1. The lowest BCUT2D eigenvalue weighted by atomic mass is 10.1. The lowest BCUT2D eigenvalue weighted by Gasteiger charge is -2.14. The zero-order chi connectivity index (χ0) is 16.2. The van der Waals surface area contributed by atoms with Gasteiger partial charge in [-0.05, 0) is 18.9 Å². The Morgan fingerprint density at radius 3 is 2.33 bits per heavy atom. The number of nitrogens with one attached hydrogen (secondary N) is 1. The maximum absolute atomic E-state index is 12.1. The summed E-state index contributed by atoms with van der Waals surface area (Å²) in [6, 6.07) is 2.78. The number of nitro benzene ring substituents is 1. The molecule has 3 N–H and O–H groups in total. The van der Waals surface area contributed by atoms with Crippen LogP contribution in [0, 0.1) is 10.1 Å². The van der Waals surface area contributed by atoms with E-state index in [9.17, 15) is 23.3 Å². The van der Waals surface area contributed by atoms with Crippen molar-refractivity contribution in [2.24, 2.45) is 5.14 Å². The molecule has 0 saturated carbocycles. The van der Waals surface area contributed by atoms with E-state index < -0.39 is 31.4 Å². The topological polar surface area (TPSA) is 132 Å². The number of primary sulfonamides is 1. The smallest absolute Gasteiger partial charge is 0.271 e. The largest absolute Gasteiger partial charge is 0.349 e. The molecule has 1 amide bonds. The SMILES string of the molecule is CCC(CC)NC(=O)c1cc([N+](=O)[O-])cc(S(N)(=O)=O)c1. The number of sulfonamides is 1. The average Bonchev–Trinajstić information content (AvgIpc) is 2.42. The number of carbonyl (C=O) groups is 1. The van der Waals surface area contributed by atoms with Crippen molar-refractivity contribution in [1.29, 1.82) is 0 Å². The van der Waals surface area contributed by atoms with E-state index in [4.69, 9.17) is 5.14 Å². The zero-order valence-corrected chi connectivity index (χ0v) is 12.5. The van der Waals surface area contributed by atoms with Crippen LogP contribution in [0.4, 0.5) is 5.69 Å². The van der Waals surface area contributed by atoms with Gasteiger partial charge in [0.2, 0.25) is 10.0 Å². The van der Waals surface area contributed by atoms with Crippen LogP contribution >= 0.6 is 0 Å². The number of nitrogens with zero attached hydrogens (tertiary/aromatic N) is 1. The number of carbonyl (C=O) groups excluding carboxylic acids is 1. The fraction of sp³-hybridized carbons (Fsp3) is 0.417. The van der Waals surface area contributed by atoms with Crippen LogP contribution in [0.25, 0.3) is 0 Å². The van der Waals surface area contributed by atoms with Gasteiger partial charge in [0.25, 0.3) is 11.6 Å². The van der Waals surface area contributed by atoms with Gasteiger partial charge in [-0.2, -0.15) is 0 Å². The molecule has 0 fully saturated rings. The molecule has 116 valence electrons. The minimum Gasteiger partial charge on any atom is -0.349 e. The van der Waals surface area contributed by atoms with E-state index in [1.54, 1.807) is 0 Å². The summed E-state index contributed by atoms with van der Waals surface area (Å²) in [7, 11) is -4.14. The normalized spacial score (nSPS) is 11.4. The number of nitrogens with two attached hydrogens (primary N) is 1. The van der Waals surface area contributed by atoms with Gasteiger partial charge in [0.1, 0.15) is 0 Å².